The Bertz CT molecular complexity index is 1110. The van der Waals surface area contributed by atoms with Crippen LogP contribution in [0.3, 0.4) is 0 Å². The van der Waals surface area contributed by atoms with Crippen LogP contribution in [0.2, 0.25) is 0 Å². The van der Waals surface area contributed by atoms with Gasteiger partial charge in [0, 0.05) is 48.9 Å². The smallest absolute Gasteiger partial charge is 0.246 e. The van der Waals surface area contributed by atoms with Gasteiger partial charge in [-0.2, -0.15) is 0 Å². The van der Waals surface area contributed by atoms with Crippen molar-refractivity contribution < 1.29 is 9.90 Å². The molecule has 0 radical (unpaired) electrons. The van der Waals surface area contributed by atoms with E-state index in [0.29, 0.717) is 23.3 Å². The lowest BCUT2D eigenvalue weighted by Crippen LogP contribution is -2.66. The summed E-state index contributed by atoms with van der Waals surface area (Å²) in [6.07, 6.45) is 11.4. The fraction of sp³-hybridized carbons (Fsp3) is 0.536. The molecule has 7 nitrogen and oxygen atoms in total. The van der Waals surface area contributed by atoms with E-state index in [1.54, 1.807) is 23.1 Å². The summed E-state index contributed by atoms with van der Waals surface area (Å²) in [5, 5.41) is 23.5. The summed E-state index contributed by atoms with van der Waals surface area (Å²) < 4.78 is 0. The van der Waals surface area contributed by atoms with Gasteiger partial charge in [0.15, 0.2) is 5.82 Å². The van der Waals surface area contributed by atoms with Crippen LogP contribution in [-0.4, -0.2) is 63.4 Å². The molecule has 35 heavy (non-hydrogen) atoms. The molecule has 3 fully saturated rings. The molecule has 2 aromatic rings. The molecule has 1 aliphatic carbocycles. The van der Waals surface area contributed by atoms with Crippen LogP contribution in [0.4, 0.5) is 5.82 Å². The van der Waals surface area contributed by atoms with Gasteiger partial charge in [-0.05, 0) is 94.7 Å². The Balaban J connectivity index is 1.27. The van der Waals surface area contributed by atoms with Crippen molar-refractivity contribution in [2.24, 2.45) is 0 Å². The number of aromatic hydroxyl groups is 1. The fourth-order valence-corrected chi connectivity index (χ4v) is 6.05. The zero-order valence-electron chi connectivity index (χ0n) is 21.3. The zero-order chi connectivity index (χ0) is 24.8. The first-order valence-electron chi connectivity index (χ1n) is 12.8. The predicted octanol–water partition coefficient (Wildman–Crippen LogP) is 4.37. The van der Waals surface area contributed by atoms with Crippen molar-refractivity contribution >= 4 is 17.8 Å². The van der Waals surface area contributed by atoms with Crippen LogP contribution in [0.25, 0.3) is 17.3 Å². The third-order valence-corrected chi connectivity index (χ3v) is 8.15. The van der Waals surface area contributed by atoms with Crippen LogP contribution in [0, 0.1) is 0 Å². The maximum atomic E-state index is 12.2. The van der Waals surface area contributed by atoms with E-state index >= 15 is 0 Å². The number of hydrogen-bond donors (Lipinski definition) is 2. The van der Waals surface area contributed by atoms with Crippen LogP contribution in [-0.2, 0) is 4.79 Å². The molecule has 3 heterocycles. The van der Waals surface area contributed by atoms with Crippen molar-refractivity contribution in [3.8, 4) is 17.0 Å². The van der Waals surface area contributed by atoms with E-state index in [4.69, 9.17) is 0 Å². The second kappa shape index (κ2) is 8.94. The Labute approximate surface area is 208 Å². The van der Waals surface area contributed by atoms with E-state index in [0.717, 1.165) is 37.1 Å². The van der Waals surface area contributed by atoms with Gasteiger partial charge in [0.05, 0.1) is 5.69 Å². The number of nitrogens with one attached hydrogen (secondary N) is 1. The van der Waals surface area contributed by atoms with Crippen molar-refractivity contribution in [2.45, 2.75) is 82.0 Å². The molecule has 1 amide bonds. The van der Waals surface area contributed by atoms with Gasteiger partial charge in [-0.3, -0.25) is 4.79 Å². The van der Waals surface area contributed by atoms with Crippen LogP contribution in [0.5, 0.6) is 5.75 Å². The lowest BCUT2D eigenvalue weighted by atomic mass is 9.69. The number of likely N-dealkylation sites (N-methyl/N-ethyl adjacent to an activating group) is 1. The fourth-order valence-electron chi connectivity index (χ4n) is 6.05. The maximum absolute atomic E-state index is 12.2. The molecule has 186 valence electrons. The lowest BCUT2D eigenvalue weighted by molar-refractivity contribution is -0.125. The molecular weight excluding hydrogens is 438 g/mol. The molecule has 5 rings (SSSR count). The van der Waals surface area contributed by atoms with Crippen molar-refractivity contribution in [3.63, 3.8) is 0 Å². The largest absolute Gasteiger partial charge is 0.507 e. The quantitative estimate of drug-likeness (QED) is 0.604. The average Bonchev–Trinajstić information content (AvgIpc) is 3.66. The van der Waals surface area contributed by atoms with E-state index in [1.807, 2.05) is 31.3 Å². The van der Waals surface area contributed by atoms with E-state index in [9.17, 15) is 9.90 Å². The minimum absolute atomic E-state index is 0.0120. The molecular formula is C28H37N5O2. The highest BCUT2D eigenvalue weighted by atomic mass is 16.3. The number of carbonyl (C=O) groups is 1. The Morgan fingerprint density at radius 3 is 2.37 bits per heavy atom. The van der Waals surface area contributed by atoms with Crippen LogP contribution < -0.4 is 10.2 Å². The number of piperidine rings is 2. The number of anilines is 1. The van der Waals surface area contributed by atoms with Gasteiger partial charge in [-0.1, -0.05) is 6.07 Å². The molecule has 1 aromatic carbocycles. The Hall–Kier alpha value is -2.93. The molecule has 0 spiro atoms. The number of nitrogens with zero attached hydrogens (tertiary/aromatic N) is 4. The summed E-state index contributed by atoms with van der Waals surface area (Å²) in [6, 6.07) is 10.1. The molecule has 2 bridgehead atoms. The highest BCUT2D eigenvalue weighted by molar-refractivity contribution is 5.92. The first kappa shape index (κ1) is 23.8. The van der Waals surface area contributed by atoms with Gasteiger partial charge < -0.3 is 20.2 Å². The predicted molar refractivity (Wildman–Crippen MR) is 139 cm³/mol. The van der Waals surface area contributed by atoms with E-state index in [2.05, 4.69) is 41.3 Å². The van der Waals surface area contributed by atoms with Gasteiger partial charge in [0.1, 0.15) is 5.75 Å². The summed E-state index contributed by atoms with van der Waals surface area (Å²) in [7, 11) is 3.95. The summed E-state index contributed by atoms with van der Waals surface area (Å²) in [4.78, 5) is 16.3. The Morgan fingerprint density at radius 1 is 1.06 bits per heavy atom. The summed E-state index contributed by atoms with van der Waals surface area (Å²) >= 11 is 0. The number of fused-ring (bicyclic) bond motifs is 2. The van der Waals surface area contributed by atoms with E-state index in [1.165, 1.54) is 19.3 Å². The standard InChI is InChI=1S/C28H37N5O2/c1-27-14-5-15-28(2,31-27)18-21(17-27)32(3)25-12-11-23(29-30-25)22-10-6-19(16-24(22)34)7-13-26(35)33(4)20-8-9-20/h6-7,10-13,16,20-21,31,34H,5,8-9,14-15,17-18H2,1-4H3/b13-7+/t21-,27+,28-. The highest BCUT2D eigenvalue weighted by Crippen LogP contribution is 2.42. The van der Waals surface area contributed by atoms with Crippen molar-refractivity contribution in [1.29, 1.82) is 0 Å². The SMILES string of the molecule is CN(C(=O)/C=C/c1ccc(-c2ccc(N(C)[C@@H]3C[C@]4(C)CCC[C@](C)(C3)N4)nn2)c(O)c1)C1CC1. The monoisotopic (exact) mass is 475 g/mol. The number of hydrogen-bond acceptors (Lipinski definition) is 6. The summed E-state index contributed by atoms with van der Waals surface area (Å²) in [6.45, 7) is 4.70. The highest BCUT2D eigenvalue weighted by Gasteiger charge is 2.46. The van der Waals surface area contributed by atoms with Crippen LogP contribution in [0.15, 0.2) is 36.4 Å². The topological polar surface area (TPSA) is 81.6 Å². The van der Waals surface area contributed by atoms with Crippen LogP contribution >= 0.6 is 0 Å². The molecule has 2 N–H and O–H groups in total. The van der Waals surface area contributed by atoms with Crippen molar-refractivity contribution in [2.75, 3.05) is 19.0 Å². The normalized spacial score (nSPS) is 28.2. The lowest BCUT2D eigenvalue weighted by Gasteiger charge is -2.55. The van der Waals surface area contributed by atoms with E-state index < -0.39 is 0 Å². The molecule has 0 unspecified atom stereocenters. The summed E-state index contributed by atoms with van der Waals surface area (Å²) in [5.41, 5.74) is 2.38. The minimum Gasteiger partial charge on any atom is -0.507 e. The molecule has 3 aliphatic rings. The number of amides is 1. The van der Waals surface area contributed by atoms with Gasteiger partial charge in [0.2, 0.25) is 5.91 Å². The van der Waals surface area contributed by atoms with Crippen molar-refractivity contribution in [3.05, 3.63) is 42.0 Å². The molecule has 7 heteroatoms. The van der Waals surface area contributed by atoms with E-state index in [-0.39, 0.29) is 22.7 Å². The third kappa shape index (κ3) is 5.06. The van der Waals surface area contributed by atoms with Gasteiger partial charge in [-0.15, -0.1) is 10.2 Å². The molecule has 3 atom stereocenters. The molecule has 1 aromatic heterocycles. The first-order chi connectivity index (χ1) is 16.6. The maximum Gasteiger partial charge on any atom is 0.246 e. The number of phenols is 1. The third-order valence-electron chi connectivity index (χ3n) is 8.15. The number of aromatic nitrogens is 2. The second-order valence-electron chi connectivity index (χ2n) is 11.3. The van der Waals surface area contributed by atoms with Gasteiger partial charge >= 0.3 is 0 Å². The average molecular weight is 476 g/mol. The number of phenolic OH excluding ortho intramolecular Hbond substituents is 1. The molecule has 1 saturated carbocycles. The van der Waals surface area contributed by atoms with Crippen molar-refractivity contribution in [1.82, 2.24) is 20.4 Å². The van der Waals surface area contributed by atoms with Gasteiger partial charge in [-0.25, -0.2) is 0 Å². The number of benzene rings is 1. The minimum atomic E-state index is -0.0120. The summed E-state index contributed by atoms with van der Waals surface area (Å²) in [5.74, 6) is 0.961. The first-order valence-corrected chi connectivity index (χ1v) is 12.8. The second-order valence-corrected chi connectivity index (χ2v) is 11.3. The zero-order valence-corrected chi connectivity index (χ0v) is 21.3. The Morgan fingerprint density at radius 2 is 1.77 bits per heavy atom. The number of rotatable bonds is 6. The Kier molecular flexibility index (Phi) is 6.08. The van der Waals surface area contributed by atoms with Gasteiger partial charge in [0.25, 0.3) is 0 Å². The number of carbonyl (C=O) groups excluding carboxylic acids is 1. The molecule has 2 saturated heterocycles. The molecule has 2 aliphatic heterocycles. The van der Waals surface area contributed by atoms with Crippen LogP contribution in [0.1, 0.15) is 64.4 Å².